The van der Waals surface area contributed by atoms with Gasteiger partial charge in [-0.25, -0.2) is 0 Å². The van der Waals surface area contributed by atoms with Crippen molar-refractivity contribution in [3.63, 3.8) is 0 Å². The molecule has 114 valence electrons. The minimum atomic E-state index is -0.108. The zero-order valence-electron chi connectivity index (χ0n) is 12.0. The second kappa shape index (κ2) is 9.22. The summed E-state index contributed by atoms with van der Waals surface area (Å²) in [6.07, 6.45) is 7.24. The number of aliphatic hydroxyl groups excluding tert-OH is 1. The van der Waals surface area contributed by atoms with Crippen molar-refractivity contribution in [2.75, 3.05) is 13.2 Å². The topological polar surface area (TPSA) is 55.5 Å². The Bertz CT molecular complexity index is 380. The molecule has 0 aromatic heterocycles. The lowest BCUT2D eigenvalue weighted by atomic mass is 9.90. The quantitative estimate of drug-likeness (QED) is 0.846. The van der Waals surface area contributed by atoms with Crippen LogP contribution in [0.3, 0.4) is 0 Å². The fourth-order valence-corrected chi connectivity index (χ4v) is 2.71. The molecule has 0 amide bonds. The first-order chi connectivity index (χ1) is 9.29. The monoisotopic (exact) mass is 299 g/mol. The molecule has 0 spiro atoms. The summed E-state index contributed by atoms with van der Waals surface area (Å²) >= 11 is 0. The first kappa shape index (κ1) is 17.3. The van der Waals surface area contributed by atoms with E-state index in [0.29, 0.717) is 12.3 Å². The number of benzene rings is 1. The molecular weight excluding hydrogens is 274 g/mol. The second-order valence-electron chi connectivity index (χ2n) is 5.51. The van der Waals surface area contributed by atoms with Crippen molar-refractivity contribution in [2.45, 2.75) is 44.6 Å². The van der Waals surface area contributed by atoms with Crippen LogP contribution in [0.1, 0.15) is 50.1 Å². The minimum Gasteiger partial charge on any atom is -0.493 e. The molecule has 2 rings (SSSR count). The van der Waals surface area contributed by atoms with Crippen molar-refractivity contribution < 1.29 is 9.84 Å². The lowest BCUT2D eigenvalue weighted by molar-refractivity contribution is 0.208. The summed E-state index contributed by atoms with van der Waals surface area (Å²) in [6, 6.07) is 7.85. The third-order valence-electron chi connectivity index (χ3n) is 3.94. The standard InChI is InChI=1S/C16H25NO2.ClH/c17-16(9-10-18)14-7-4-8-15(11-14)19-12-13-5-2-1-3-6-13;/h4,7-8,11,13,16,18H,1-3,5-6,9-10,12,17H2;1H/t16-;/m1./s1. The average molecular weight is 300 g/mol. The lowest BCUT2D eigenvalue weighted by Gasteiger charge is -2.22. The predicted octanol–water partition coefficient (Wildman–Crippen LogP) is 3.45. The SMILES string of the molecule is Cl.N[C@H](CCO)c1cccc(OCC2CCCCC2)c1. The summed E-state index contributed by atoms with van der Waals surface area (Å²) in [5.41, 5.74) is 7.04. The van der Waals surface area contributed by atoms with Gasteiger partial charge >= 0.3 is 0 Å². The Labute approximate surface area is 127 Å². The fraction of sp³-hybridized carbons (Fsp3) is 0.625. The van der Waals surface area contributed by atoms with Crippen molar-refractivity contribution in [2.24, 2.45) is 11.7 Å². The fourth-order valence-electron chi connectivity index (χ4n) is 2.71. The summed E-state index contributed by atoms with van der Waals surface area (Å²) in [4.78, 5) is 0. The van der Waals surface area contributed by atoms with Gasteiger partial charge in [-0.15, -0.1) is 12.4 Å². The molecule has 1 saturated carbocycles. The van der Waals surface area contributed by atoms with Crippen LogP contribution in [0.2, 0.25) is 0 Å². The minimum absolute atomic E-state index is 0. The Balaban J connectivity index is 0.00000200. The van der Waals surface area contributed by atoms with Crippen molar-refractivity contribution in [3.05, 3.63) is 29.8 Å². The zero-order valence-corrected chi connectivity index (χ0v) is 12.8. The van der Waals surface area contributed by atoms with Crippen LogP contribution in [0.15, 0.2) is 24.3 Å². The van der Waals surface area contributed by atoms with Gasteiger partial charge in [-0.2, -0.15) is 0 Å². The van der Waals surface area contributed by atoms with E-state index in [1.807, 2.05) is 24.3 Å². The summed E-state index contributed by atoms with van der Waals surface area (Å²) in [7, 11) is 0. The van der Waals surface area contributed by atoms with Gasteiger partial charge in [-0.05, 0) is 42.9 Å². The molecule has 3 nitrogen and oxygen atoms in total. The molecule has 3 N–H and O–H groups in total. The van der Waals surface area contributed by atoms with Crippen molar-refractivity contribution in [1.29, 1.82) is 0 Å². The lowest BCUT2D eigenvalue weighted by Crippen LogP contribution is -2.16. The van der Waals surface area contributed by atoms with E-state index >= 15 is 0 Å². The molecule has 1 fully saturated rings. The molecule has 0 aliphatic heterocycles. The Morgan fingerprint density at radius 2 is 2.00 bits per heavy atom. The number of rotatable bonds is 6. The highest BCUT2D eigenvalue weighted by Gasteiger charge is 2.14. The van der Waals surface area contributed by atoms with Crippen LogP contribution < -0.4 is 10.5 Å². The van der Waals surface area contributed by atoms with E-state index in [9.17, 15) is 0 Å². The summed E-state index contributed by atoms with van der Waals surface area (Å²) in [6.45, 7) is 0.938. The van der Waals surface area contributed by atoms with Gasteiger partial charge in [-0.3, -0.25) is 0 Å². The molecule has 1 aliphatic carbocycles. The smallest absolute Gasteiger partial charge is 0.119 e. The highest BCUT2D eigenvalue weighted by molar-refractivity contribution is 5.85. The summed E-state index contributed by atoms with van der Waals surface area (Å²) in [5.74, 6) is 1.61. The Morgan fingerprint density at radius 3 is 2.70 bits per heavy atom. The molecule has 0 unspecified atom stereocenters. The van der Waals surface area contributed by atoms with Crippen LogP contribution in [0.4, 0.5) is 0 Å². The van der Waals surface area contributed by atoms with Gasteiger partial charge in [0.15, 0.2) is 0 Å². The van der Waals surface area contributed by atoms with E-state index in [0.717, 1.165) is 17.9 Å². The van der Waals surface area contributed by atoms with Gasteiger partial charge in [0.25, 0.3) is 0 Å². The molecule has 0 bridgehead atoms. The molecule has 0 radical (unpaired) electrons. The second-order valence-corrected chi connectivity index (χ2v) is 5.51. The molecule has 1 atom stereocenters. The number of hydrogen-bond acceptors (Lipinski definition) is 3. The molecular formula is C16H26ClNO2. The maximum absolute atomic E-state index is 8.93. The number of aliphatic hydroxyl groups is 1. The van der Waals surface area contributed by atoms with Crippen LogP contribution in [0, 0.1) is 5.92 Å². The van der Waals surface area contributed by atoms with E-state index in [4.69, 9.17) is 15.6 Å². The van der Waals surface area contributed by atoms with Crippen LogP contribution in [0.5, 0.6) is 5.75 Å². The van der Waals surface area contributed by atoms with E-state index in [2.05, 4.69) is 0 Å². The van der Waals surface area contributed by atoms with Crippen LogP contribution >= 0.6 is 12.4 Å². The molecule has 1 aromatic rings. The van der Waals surface area contributed by atoms with E-state index in [-0.39, 0.29) is 25.1 Å². The van der Waals surface area contributed by atoms with Crippen LogP contribution in [-0.4, -0.2) is 18.3 Å². The maximum Gasteiger partial charge on any atom is 0.119 e. The van der Waals surface area contributed by atoms with E-state index < -0.39 is 0 Å². The first-order valence-electron chi connectivity index (χ1n) is 7.39. The molecule has 1 aromatic carbocycles. The number of ether oxygens (including phenoxy) is 1. The zero-order chi connectivity index (χ0) is 13.5. The van der Waals surface area contributed by atoms with Gasteiger partial charge in [0, 0.05) is 12.6 Å². The normalized spacial score (nSPS) is 17.3. The highest BCUT2D eigenvalue weighted by Crippen LogP contribution is 2.25. The average Bonchev–Trinajstić information content (AvgIpc) is 2.47. The number of halogens is 1. The number of hydrogen-bond donors (Lipinski definition) is 2. The van der Waals surface area contributed by atoms with Gasteiger partial charge in [-0.1, -0.05) is 31.4 Å². The van der Waals surface area contributed by atoms with E-state index in [1.165, 1.54) is 32.1 Å². The molecule has 1 aliphatic rings. The largest absolute Gasteiger partial charge is 0.493 e. The summed E-state index contributed by atoms with van der Waals surface area (Å²) in [5, 5.41) is 8.93. The van der Waals surface area contributed by atoms with Gasteiger partial charge < -0.3 is 15.6 Å². The Morgan fingerprint density at radius 1 is 1.25 bits per heavy atom. The van der Waals surface area contributed by atoms with Crippen molar-refractivity contribution in [1.82, 2.24) is 0 Å². The third-order valence-corrected chi connectivity index (χ3v) is 3.94. The molecule has 20 heavy (non-hydrogen) atoms. The molecule has 4 heteroatoms. The Hall–Kier alpha value is -0.770. The maximum atomic E-state index is 8.93. The molecule has 0 saturated heterocycles. The van der Waals surface area contributed by atoms with E-state index in [1.54, 1.807) is 0 Å². The van der Waals surface area contributed by atoms with Crippen molar-refractivity contribution in [3.8, 4) is 5.75 Å². The van der Waals surface area contributed by atoms with Gasteiger partial charge in [0.2, 0.25) is 0 Å². The van der Waals surface area contributed by atoms with Gasteiger partial charge in [0.1, 0.15) is 5.75 Å². The highest BCUT2D eigenvalue weighted by atomic mass is 35.5. The summed E-state index contributed by atoms with van der Waals surface area (Å²) < 4.78 is 5.90. The van der Waals surface area contributed by atoms with Gasteiger partial charge in [0.05, 0.1) is 6.61 Å². The first-order valence-corrected chi connectivity index (χ1v) is 7.39. The molecule has 0 heterocycles. The Kier molecular flexibility index (Phi) is 7.97. The number of nitrogens with two attached hydrogens (primary N) is 1. The predicted molar refractivity (Wildman–Crippen MR) is 84.4 cm³/mol. The van der Waals surface area contributed by atoms with Crippen molar-refractivity contribution >= 4 is 12.4 Å². The third kappa shape index (κ3) is 5.31. The van der Waals surface area contributed by atoms with Crippen LogP contribution in [-0.2, 0) is 0 Å². The van der Waals surface area contributed by atoms with Crippen LogP contribution in [0.25, 0.3) is 0 Å².